The summed E-state index contributed by atoms with van der Waals surface area (Å²) in [4.78, 5) is 32.5. The predicted octanol–water partition coefficient (Wildman–Crippen LogP) is 2.16. The summed E-state index contributed by atoms with van der Waals surface area (Å²) in [6, 6.07) is 9.11. The van der Waals surface area contributed by atoms with E-state index in [-0.39, 0.29) is 16.9 Å². The highest BCUT2D eigenvalue weighted by molar-refractivity contribution is 8.14. The van der Waals surface area contributed by atoms with E-state index in [0.717, 1.165) is 23.1 Å². The van der Waals surface area contributed by atoms with Crippen molar-refractivity contribution in [2.45, 2.75) is 6.54 Å². The molecular formula is C16H16N4O3S. The molecular weight excluding hydrogens is 328 g/mol. The van der Waals surface area contributed by atoms with E-state index in [1.54, 1.807) is 18.5 Å². The van der Waals surface area contributed by atoms with Crippen molar-refractivity contribution in [2.75, 3.05) is 24.2 Å². The lowest BCUT2D eigenvalue weighted by Crippen LogP contribution is -2.27. The Labute approximate surface area is 143 Å². The van der Waals surface area contributed by atoms with E-state index in [0.29, 0.717) is 25.6 Å². The minimum absolute atomic E-state index is 0.139. The summed E-state index contributed by atoms with van der Waals surface area (Å²) in [6.07, 6.45) is 3.34. The van der Waals surface area contributed by atoms with Crippen molar-refractivity contribution in [3.63, 3.8) is 0 Å². The van der Waals surface area contributed by atoms with Crippen LogP contribution in [0.15, 0.2) is 42.7 Å². The van der Waals surface area contributed by atoms with Gasteiger partial charge in [-0.1, -0.05) is 23.9 Å². The number of amides is 2. The van der Waals surface area contributed by atoms with Crippen LogP contribution in [0.25, 0.3) is 0 Å². The van der Waals surface area contributed by atoms with Gasteiger partial charge in [0.15, 0.2) is 0 Å². The van der Waals surface area contributed by atoms with Crippen LogP contribution in [0.1, 0.15) is 5.56 Å². The molecule has 1 aromatic carbocycles. The molecule has 2 amide bonds. The third-order valence-electron chi connectivity index (χ3n) is 3.32. The number of imide groups is 1. The number of ether oxygens (including phenoxy) is 1. The minimum Gasteiger partial charge on any atom is -0.492 e. The summed E-state index contributed by atoms with van der Waals surface area (Å²) in [5.41, 5.74) is 0.891. The van der Waals surface area contributed by atoms with Gasteiger partial charge < -0.3 is 10.1 Å². The molecule has 2 aromatic rings. The topological polar surface area (TPSA) is 84.4 Å². The maximum atomic E-state index is 11.6. The SMILES string of the molecule is O=C1CSC(=O)N1Cc1ccc(OCCNc2ncccn2)cc1. The lowest BCUT2D eigenvalue weighted by atomic mass is 10.2. The van der Waals surface area contributed by atoms with Gasteiger partial charge in [-0.05, 0) is 23.8 Å². The van der Waals surface area contributed by atoms with Gasteiger partial charge in [0, 0.05) is 12.4 Å². The van der Waals surface area contributed by atoms with E-state index in [1.807, 2.05) is 24.3 Å². The molecule has 1 fully saturated rings. The molecule has 0 saturated carbocycles. The molecule has 1 saturated heterocycles. The molecule has 0 bridgehead atoms. The number of rotatable bonds is 7. The Morgan fingerprint density at radius 1 is 1.17 bits per heavy atom. The highest BCUT2D eigenvalue weighted by atomic mass is 32.2. The van der Waals surface area contributed by atoms with Crippen LogP contribution in [-0.2, 0) is 11.3 Å². The average Bonchev–Trinajstić information content (AvgIpc) is 2.93. The van der Waals surface area contributed by atoms with Gasteiger partial charge in [-0.3, -0.25) is 14.5 Å². The fourth-order valence-corrected chi connectivity index (χ4v) is 2.85. The lowest BCUT2D eigenvalue weighted by molar-refractivity contribution is -0.125. The number of benzene rings is 1. The molecule has 0 spiro atoms. The minimum atomic E-state index is -0.186. The fraction of sp³-hybridized carbons (Fsp3) is 0.250. The second-order valence-electron chi connectivity index (χ2n) is 5.03. The second kappa shape index (κ2) is 7.78. The molecule has 0 unspecified atom stereocenters. The molecule has 3 rings (SSSR count). The third kappa shape index (κ3) is 4.23. The van der Waals surface area contributed by atoms with Crippen LogP contribution in [-0.4, -0.2) is 44.9 Å². The largest absolute Gasteiger partial charge is 0.492 e. The van der Waals surface area contributed by atoms with Crippen molar-refractivity contribution in [1.82, 2.24) is 14.9 Å². The molecule has 1 aliphatic rings. The van der Waals surface area contributed by atoms with Crippen molar-refractivity contribution in [3.8, 4) is 5.75 Å². The molecule has 7 nitrogen and oxygen atoms in total. The van der Waals surface area contributed by atoms with Gasteiger partial charge in [0.25, 0.3) is 5.24 Å². The molecule has 1 N–H and O–H groups in total. The number of hydrogen-bond donors (Lipinski definition) is 1. The maximum Gasteiger partial charge on any atom is 0.289 e. The van der Waals surface area contributed by atoms with Gasteiger partial charge in [-0.15, -0.1) is 0 Å². The van der Waals surface area contributed by atoms with Gasteiger partial charge in [-0.2, -0.15) is 0 Å². The van der Waals surface area contributed by atoms with Crippen molar-refractivity contribution in [1.29, 1.82) is 0 Å². The van der Waals surface area contributed by atoms with Crippen molar-refractivity contribution >= 4 is 28.9 Å². The number of thioether (sulfide) groups is 1. The van der Waals surface area contributed by atoms with Crippen LogP contribution >= 0.6 is 11.8 Å². The van der Waals surface area contributed by atoms with E-state index >= 15 is 0 Å². The normalized spacial score (nSPS) is 14.1. The molecule has 2 heterocycles. The number of hydrogen-bond acceptors (Lipinski definition) is 7. The first-order valence-corrected chi connectivity index (χ1v) is 8.41. The summed E-state index contributed by atoms with van der Waals surface area (Å²) in [7, 11) is 0. The van der Waals surface area contributed by atoms with Crippen molar-refractivity contribution < 1.29 is 14.3 Å². The Bertz CT molecular complexity index is 693. The van der Waals surface area contributed by atoms with Gasteiger partial charge in [0.1, 0.15) is 12.4 Å². The zero-order valence-corrected chi connectivity index (χ0v) is 13.7. The zero-order valence-electron chi connectivity index (χ0n) is 12.8. The third-order valence-corrected chi connectivity index (χ3v) is 4.18. The molecule has 8 heteroatoms. The molecule has 24 heavy (non-hydrogen) atoms. The number of anilines is 1. The Balaban J connectivity index is 1.44. The first kappa shape index (κ1) is 16.3. The van der Waals surface area contributed by atoms with E-state index < -0.39 is 0 Å². The molecule has 0 aliphatic carbocycles. The number of carbonyl (C=O) groups excluding carboxylic acids is 2. The standard InChI is InChI=1S/C16H16N4O3S/c21-14-11-24-16(22)20(14)10-12-2-4-13(5-3-12)23-9-8-19-15-17-6-1-7-18-15/h1-7H,8-11H2,(H,17,18,19). The Hall–Kier alpha value is -2.61. The first-order valence-electron chi connectivity index (χ1n) is 7.42. The van der Waals surface area contributed by atoms with Crippen molar-refractivity contribution in [2.24, 2.45) is 0 Å². The van der Waals surface area contributed by atoms with Crippen molar-refractivity contribution in [3.05, 3.63) is 48.3 Å². The summed E-state index contributed by atoms with van der Waals surface area (Å²) in [5.74, 6) is 1.38. The summed E-state index contributed by atoms with van der Waals surface area (Å²) >= 11 is 1.04. The van der Waals surface area contributed by atoms with Crippen LogP contribution in [0.2, 0.25) is 0 Å². The number of aromatic nitrogens is 2. The van der Waals surface area contributed by atoms with Crippen LogP contribution < -0.4 is 10.1 Å². The summed E-state index contributed by atoms with van der Waals surface area (Å²) < 4.78 is 5.63. The van der Waals surface area contributed by atoms with Gasteiger partial charge in [0.05, 0.1) is 18.8 Å². The van der Waals surface area contributed by atoms with Crippen LogP contribution in [0.4, 0.5) is 10.7 Å². The number of nitrogens with zero attached hydrogens (tertiary/aromatic N) is 3. The van der Waals surface area contributed by atoms with Gasteiger partial charge in [0.2, 0.25) is 11.9 Å². The van der Waals surface area contributed by atoms with E-state index in [1.165, 1.54) is 4.90 Å². The van der Waals surface area contributed by atoms with Crippen LogP contribution in [0.3, 0.4) is 0 Å². The quantitative estimate of drug-likeness (QED) is 0.771. The highest BCUT2D eigenvalue weighted by Crippen LogP contribution is 2.22. The van der Waals surface area contributed by atoms with Crippen LogP contribution in [0.5, 0.6) is 5.75 Å². The monoisotopic (exact) mass is 344 g/mol. The maximum absolute atomic E-state index is 11.6. The van der Waals surface area contributed by atoms with E-state index in [2.05, 4.69) is 15.3 Å². The molecule has 0 radical (unpaired) electrons. The summed E-state index contributed by atoms with van der Waals surface area (Å²) in [6.45, 7) is 1.36. The fourth-order valence-electron chi connectivity index (χ4n) is 2.13. The highest BCUT2D eigenvalue weighted by Gasteiger charge is 2.29. The number of nitrogens with one attached hydrogen (secondary N) is 1. The molecule has 1 aromatic heterocycles. The van der Waals surface area contributed by atoms with E-state index in [4.69, 9.17) is 4.74 Å². The number of carbonyl (C=O) groups is 2. The van der Waals surface area contributed by atoms with E-state index in [9.17, 15) is 9.59 Å². The predicted molar refractivity (Wildman–Crippen MR) is 90.9 cm³/mol. The smallest absolute Gasteiger partial charge is 0.289 e. The molecule has 124 valence electrons. The summed E-state index contributed by atoms with van der Waals surface area (Å²) in [5, 5.41) is 2.87. The van der Waals surface area contributed by atoms with Gasteiger partial charge >= 0.3 is 0 Å². The average molecular weight is 344 g/mol. The Morgan fingerprint density at radius 2 is 1.92 bits per heavy atom. The molecule has 0 atom stereocenters. The lowest BCUT2D eigenvalue weighted by Gasteiger charge is -2.13. The molecule has 1 aliphatic heterocycles. The van der Waals surface area contributed by atoms with Crippen LogP contribution in [0, 0.1) is 0 Å². The van der Waals surface area contributed by atoms with Gasteiger partial charge in [-0.25, -0.2) is 9.97 Å². The Kier molecular flexibility index (Phi) is 5.27. The second-order valence-corrected chi connectivity index (χ2v) is 5.95. The first-order chi connectivity index (χ1) is 11.7. The Morgan fingerprint density at radius 3 is 2.58 bits per heavy atom. The zero-order chi connectivity index (χ0) is 16.8.